The first-order valence-corrected chi connectivity index (χ1v) is 9.90. The molecule has 1 heterocycles. The molecule has 0 aliphatic heterocycles. The van der Waals surface area contributed by atoms with Crippen molar-refractivity contribution < 1.29 is 9.47 Å². The minimum Gasteiger partial charge on any atom is -0.497 e. The van der Waals surface area contributed by atoms with Crippen molar-refractivity contribution in [2.24, 2.45) is 0 Å². The van der Waals surface area contributed by atoms with Gasteiger partial charge in [-0.3, -0.25) is 0 Å². The van der Waals surface area contributed by atoms with E-state index < -0.39 is 0 Å². The Balaban J connectivity index is 1.82. The van der Waals surface area contributed by atoms with Crippen LogP contribution in [-0.4, -0.2) is 43.5 Å². The van der Waals surface area contributed by atoms with Gasteiger partial charge in [0.05, 0.1) is 14.2 Å². The first-order chi connectivity index (χ1) is 15.1. The number of benzene rings is 3. The predicted octanol–water partition coefficient (Wildman–Crippen LogP) is 4.96. The van der Waals surface area contributed by atoms with E-state index in [0.29, 0.717) is 11.5 Å². The lowest BCUT2D eigenvalue weighted by Gasteiger charge is -2.13. The molecule has 6 heteroatoms. The summed E-state index contributed by atoms with van der Waals surface area (Å²) in [5.41, 5.74) is 5.35. The van der Waals surface area contributed by atoms with Crippen molar-refractivity contribution in [3.63, 3.8) is 0 Å². The molecule has 0 fully saturated rings. The molecule has 6 nitrogen and oxygen atoms in total. The van der Waals surface area contributed by atoms with Crippen LogP contribution in [0.4, 0.5) is 5.69 Å². The molecule has 0 spiro atoms. The molecular weight excluding hydrogens is 388 g/mol. The number of anilines is 1. The Labute approximate surface area is 182 Å². The zero-order valence-corrected chi connectivity index (χ0v) is 18.0. The largest absolute Gasteiger partial charge is 0.497 e. The van der Waals surface area contributed by atoms with Gasteiger partial charge in [-0.15, -0.1) is 10.2 Å². The van der Waals surface area contributed by atoms with Gasteiger partial charge in [-0.05, 0) is 72.8 Å². The third-order valence-corrected chi connectivity index (χ3v) is 5.06. The van der Waals surface area contributed by atoms with E-state index in [1.807, 2.05) is 86.9 Å². The van der Waals surface area contributed by atoms with E-state index in [4.69, 9.17) is 14.5 Å². The standard InChI is InChI=1S/C25H24N4O2/c1-29(2)20-11-5-19(6-12-20)25-26-23(17-7-13-21(30-3)14-8-17)24(27-28-25)18-9-15-22(31-4)16-10-18/h5-16H,1-4H3. The van der Waals surface area contributed by atoms with E-state index in [1.54, 1.807) is 14.2 Å². The molecule has 0 atom stereocenters. The molecule has 156 valence electrons. The SMILES string of the molecule is COc1ccc(-c2nnc(-c3ccc(N(C)C)cc3)nc2-c2ccc(OC)cc2)cc1. The summed E-state index contributed by atoms with van der Waals surface area (Å²) >= 11 is 0. The molecule has 0 saturated carbocycles. The van der Waals surface area contributed by atoms with Crippen molar-refractivity contribution in [3.8, 4) is 45.4 Å². The Bertz CT molecular complexity index is 1160. The maximum Gasteiger partial charge on any atom is 0.182 e. The lowest BCUT2D eigenvalue weighted by molar-refractivity contribution is 0.414. The maximum atomic E-state index is 5.30. The predicted molar refractivity (Wildman–Crippen MR) is 124 cm³/mol. The number of ether oxygens (including phenoxy) is 2. The fourth-order valence-electron chi connectivity index (χ4n) is 3.25. The zero-order valence-electron chi connectivity index (χ0n) is 18.0. The summed E-state index contributed by atoms with van der Waals surface area (Å²) in [5.74, 6) is 2.15. The van der Waals surface area contributed by atoms with Crippen LogP contribution in [0, 0.1) is 0 Å². The molecule has 0 aliphatic carbocycles. The number of hydrogen-bond acceptors (Lipinski definition) is 6. The third kappa shape index (κ3) is 4.33. The molecule has 0 unspecified atom stereocenters. The summed E-state index contributed by atoms with van der Waals surface area (Å²) in [7, 11) is 7.33. The van der Waals surface area contributed by atoms with Crippen LogP contribution in [0.3, 0.4) is 0 Å². The Morgan fingerprint density at radius 1 is 0.581 bits per heavy atom. The molecule has 0 radical (unpaired) electrons. The topological polar surface area (TPSA) is 60.4 Å². The Morgan fingerprint density at radius 3 is 1.55 bits per heavy atom. The average molecular weight is 412 g/mol. The second kappa shape index (κ2) is 8.83. The van der Waals surface area contributed by atoms with E-state index >= 15 is 0 Å². The maximum absolute atomic E-state index is 5.30. The highest BCUT2D eigenvalue weighted by Crippen LogP contribution is 2.32. The van der Waals surface area contributed by atoms with E-state index in [2.05, 4.69) is 15.1 Å². The van der Waals surface area contributed by atoms with Crippen LogP contribution < -0.4 is 14.4 Å². The molecule has 3 aromatic carbocycles. The van der Waals surface area contributed by atoms with Crippen molar-refractivity contribution in [3.05, 3.63) is 72.8 Å². The van der Waals surface area contributed by atoms with Crippen LogP contribution in [0.15, 0.2) is 72.8 Å². The summed E-state index contributed by atoms with van der Waals surface area (Å²) in [5, 5.41) is 8.99. The number of hydrogen-bond donors (Lipinski definition) is 0. The lowest BCUT2D eigenvalue weighted by Crippen LogP contribution is -2.08. The van der Waals surface area contributed by atoms with Crippen molar-refractivity contribution in [2.75, 3.05) is 33.2 Å². The Morgan fingerprint density at radius 2 is 1.06 bits per heavy atom. The summed E-state index contributed by atoms with van der Waals surface area (Å²) in [4.78, 5) is 6.96. The second-order valence-electron chi connectivity index (χ2n) is 7.23. The van der Waals surface area contributed by atoms with E-state index in [1.165, 1.54) is 0 Å². The number of rotatable bonds is 6. The van der Waals surface area contributed by atoms with E-state index in [9.17, 15) is 0 Å². The average Bonchev–Trinajstić information content (AvgIpc) is 2.84. The van der Waals surface area contributed by atoms with Crippen LogP contribution in [-0.2, 0) is 0 Å². The molecule has 0 aliphatic rings. The molecule has 0 amide bonds. The minimum absolute atomic E-state index is 0.577. The van der Waals surface area contributed by atoms with Crippen molar-refractivity contribution in [1.29, 1.82) is 0 Å². The molecule has 4 rings (SSSR count). The van der Waals surface area contributed by atoms with Crippen LogP contribution in [0.25, 0.3) is 33.9 Å². The summed E-state index contributed by atoms with van der Waals surface area (Å²) in [6.45, 7) is 0. The fraction of sp³-hybridized carbons (Fsp3) is 0.160. The highest BCUT2D eigenvalue weighted by molar-refractivity contribution is 5.79. The summed E-state index contributed by atoms with van der Waals surface area (Å²) < 4.78 is 10.6. The summed E-state index contributed by atoms with van der Waals surface area (Å²) in [6, 6.07) is 23.6. The van der Waals surface area contributed by atoms with Gasteiger partial charge in [-0.25, -0.2) is 4.98 Å². The summed E-state index contributed by atoms with van der Waals surface area (Å²) in [6.07, 6.45) is 0. The number of methoxy groups -OCH3 is 2. The normalized spacial score (nSPS) is 10.6. The first kappa shape index (κ1) is 20.3. The van der Waals surface area contributed by atoms with Crippen molar-refractivity contribution >= 4 is 5.69 Å². The monoisotopic (exact) mass is 412 g/mol. The van der Waals surface area contributed by atoms with Gasteiger partial charge in [0.25, 0.3) is 0 Å². The van der Waals surface area contributed by atoms with Crippen molar-refractivity contribution in [1.82, 2.24) is 15.2 Å². The van der Waals surface area contributed by atoms with Crippen LogP contribution >= 0.6 is 0 Å². The van der Waals surface area contributed by atoms with Crippen LogP contribution in [0.2, 0.25) is 0 Å². The molecule has 31 heavy (non-hydrogen) atoms. The Kier molecular flexibility index (Phi) is 5.80. The number of nitrogens with zero attached hydrogens (tertiary/aromatic N) is 4. The van der Waals surface area contributed by atoms with Gasteiger partial charge in [0.1, 0.15) is 22.9 Å². The smallest absolute Gasteiger partial charge is 0.182 e. The zero-order chi connectivity index (χ0) is 21.8. The highest BCUT2D eigenvalue weighted by atomic mass is 16.5. The first-order valence-electron chi connectivity index (χ1n) is 9.90. The van der Waals surface area contributed by atoms with Gasteiger partial charge < -0.3 is 14.4 Å². The quantitative estimate of drug-likeness (QED) is 0.446. The molecular formula is C25H24N4O2. The molecule has 0 N–H and O–H groups in total. The van der Waals surface area contributed by atoms with Gasteiger partial charge in [0, 0.05) is 36.5 Å². The van der Waals surface area contributed by atoms with Gasteiger partial charge in [-0.2, -0.15) is 0 Å². The van der Waals surface area contributed by atoms with Gasteiger partial charge >= 0.3 is 0 Å². The van der Waals surface area contributed by atoms with Crippen LogP contribution in [0.5, 0.6) is 11.5 Å². The van der Waals surface area contributed by atoms with Gasteiger partial charge in [-0.1, -0.05) is 0 Å². The molecule has 0 saturated heterocycles. The lowest BCUT2D eigenvalue weighted by atomic mass is 10.0. The third-order valence-electron chi connectivity index (χ3n) is 5.06. The minimum atomic E-state index is 0.577. The molecule has 0 bridgehead atoms. The molecule has 4 aromatic rings. The second-order valence-corrected chi connectivity index (χ2v) is 7.23. The fourth-order valence-corrected chi connectivity index (χ4v) is 3.25. The van der Waals surface area contributed by atoms with Crippen LogP contribution in [0.1, 0.15) is 0 Å². The number of aromatic nitrogens is 3. The van der Waals surface area contributed by atoms with E-state index in [0.717, 1.165) is 39.6 Å². The van der Waals surface area contributed by atoms with Gasteiger partial charge in [0.15, 0.2) is 5.82 Å². The molecule has 1 aromatic heterocycles. The van der Waals surface area contributed by atoms with Gasteiger partial charge in [0.2, 0.25) is 0 Å². The Hall–Kier alpha value is -3.93. The van der Waals surface area contributed by atoms with E-state index in [-0.39, 0.29) is 0 Å². The highest BCUT2D eigenvalue weighted by Gasteiger charge is 2.15. The van der Waals surface area contributed by atoms with Crippen molar-refractivity contribution in [2.45, 2.75) is 0 Å².